The first-order valence-corrected chi connectivity index (χ1v) is 9.33. The third-order valence-electron chi connectivity index (χ3n) is 4.45. The van der Waals surface area contributed by atoms with Gasteiger partial charge in [0.05, 0.1) is 11.8 Å². The lowest BCUT2D eigenvalue weighted by Gasteiger charge is -2.07. The van der Waals surface area contributed by atoms with Gasteiger partial charge in [0.1, 0.15) is 0 Å². The summed E-state index contributed by atoms with van der Waals surface area (Å²) in [6, 6.07) is 14.9. The number of amides is 2. The summed E-state index contributed by atoms with van der Waals surface area (Å²) in [6.07, 6.45) is 1.32. The number of carbonyl (C=O) groups excluding carboxylic acids is 2. The van der Waals surface area contributed by atoms with Crippen molar-refractivity contribution in [1.29, 1.82) is 0 Å². The van der Waals surface area contributed by atoms with Crippen molar-refractivity contribution in [3.63, 3.8) is 0 Å². The predicted molar refractivity (Wildman–Crippen MR) is 103 cm³/mol. The van der Waals surface area contributed by atoms with Gasteiger partial charge >= 0.3 is 0 Å². The average molecular weight is 391 g/mol. The molecule has 2 amide bonds. The van der Waals surface area contributed by atoms with Crippen LogP contribution in [0.25, 0.3) is 0 Å². The zero-order valence-corrected chi connectivity index (χ0v) is 15.7. The molecular formula is C20H20Cl2N2O2. The molecule has 1 fully saturated rings. The summed E-state index contributed by atoms with van der Waals surface area (Å²) < 4.78 is 0. The van der Waals surface area contributed by atoms with Gasteiger partial charge in [0.2, 0.25) is 11.8 Å². The molecule has 0 radical (unpaired) electrons. The molecule has 0 heterocycles. The number of hydrogen-bond acceptors (Lipinski definition) is 2. The number of halogens is 2. The number of nitrogens with one attached hydrogen (secondary N) is 2. The lowest BCUT2D eigenvalue weighted by atomic mass is 10.1. The van der Waals surface area contributed by atoms with Crippen molar-refractivity contribution >= 4 is 35.0 Å². The van der Waals surface area contributed by atoms with Crippen LogP contribution < -0.4 is 10.6 Å². The minimum atomic E-state index is -0.228. The zero-order chi connectivity index (χ0) is 18.5. The Kier molecular flexibility index (Phi) is 6.17. The van der Waals surface area contributed by atoms with E-state index in [4.69, 9.17) is 23.2 Å². The molecule has 0 bridgehead atoms. The molecule has 26 heavy (non-hydrogen) atoms. The first kappa shape index (κ1) is 18.7. The molecule has 2 unspecified atom stereocenters. The van der Waals surface area contributed by atoms with E-state index in [0.717, 1.165) is 11.1 Å². The summed E-state index contributed by atoms with van der Waals surface area (Å²) in [5.74, 6) is -0.582. The summed E-state index contributed by atoms with van der Waals surface area (Å²) in [6.45, 7) is 0.977. The van der Waals surface area contributed by atoms with Crippen LogP contribution in [0.15, 0.2) is 48.5 Å². The molecule has 2 atom stereocenters. The topological polar surface area (TPSA) is 58.2 Å². The molecule has 1 saturated carbocycles. The quantitative estimate of drug-likeness (QED) is 0.758. The molecule has 2 N–H and O–H groups in total. The van der Waals surface area contributed by atoms with Crippen molar-refractivity contribution in [2.24, 2.45) is 11.8 Å². The monoisotopic (exact) mass is 390 g/mol. The van der Waals surface area contributed by atoms with Crippen LogP contribution in [0, 0.1) is 11.8 Å². The fraction of sp³-hybridized carbons (Fsp3) is 0.300. The maximum Gasteiger partial charge on any atom is 0.224 e. The second-order valence-electron chi connectivity index (χ2n) is 6.46. The molecule has 2 aromatic carbocycles. The van der Waals surface area contributed by atoms with Gasteiger partial charge in [-0.25, -0.2) is 0 Å². The molecular weight excluding hydrogens is 371 g/mol. The van der Waals surface area contributed by atoms with Crippen molar-refractivity contribution < 1.29 is 9.59 Å². The van der Waals surface area contributed by atoms with Crippen LogP contribution >= 0.6 is 23.2 Å². The Balaban J connectivity index is 1.37. The van der Waals surface area contributed by atoms with E-state index in [1.807, 2.05) is 36.4 Å². The Morgan fingerprint density at radius 1 is 0.885 bits per heavy atom. The molecule has 0 spiro atoms. The van der Waals surface area contributed by atoms with E-state index in [1.165, 1.54) is 0 Å². The number of carbonyl (C=O) groups is 2. The molecule has 1 aliphatic rings. The highest BCUT2D eigenvalue weighted by Gasteiger charge is 2.47. The molecule has 0 aliphatic heterocycles. The normalized spacial score (nSPS) is 18.2. The summed E-state index contributed by atoms with van der Waals surface area (Å²) in [7, 11) is 0. The molecule has 2 aromatic rings. The molecule has 6 heteroatoms. The maximum absolute atomic E-state index is 12.2. The maximum atomic E-state index is 12.2. The Hall–Kier alpha value is -2.04. The molecule has 1 aliphatic carbocycles. The van der Waals surface area contributed by atoms with Gasteiger partial charge in [0.25, 0.3) is 0 Å². The van der Waals surface area contributed by atoms with E-state index in [0.29, 0.717) is 36.0 Å². The Morgan fingerprint density at radius 2 is 1.58 bits per heavy atom. The van der Waals surface area contributed by atoms with E-state index in [-0.39, 0.29) is 23.7 Å². The highest BCUT2D eigenvalue weighted by molar-refractivity contribution is 6.30. The largest absolute Gasteiger partial charge is 0.356 e. The van der Waals surface area contributed by atoms with Crippen LogP contribution in [0.2, 0.25) is 10.0 Å². The molecule has 0 saturated heterocycles. The number of hydrogen-bond donors (Lipinski definition) is 2. The van der Waals surface area contributed by atoms with Crippen LogP contribution in [0.4, 0.5) is 0 Å². The minimum Gasteiger partial charge on any atom is -0.356 e. The zero-order valence-electron chi connectivity index (χ0n) is 14.2. The molecule has 3 rings (SSSR count). The van der Waals surface area contributed by atoms with Crippen LogP contribution in [0.5, 0.6) is 0 Å². The van der Waals surface area contributed by atoms with E-state index in [9.17, 15) is 9.59 Å². The van der Waals surface area contributed by atoms with Gasteiger partial charge < -0.3 is 10.6 Å². The lowest BCUT2D eigenvalue weighted by molar-refractivity contribution is -0.127. The summed E-state index contributed by atoms with van der Waals surface area (Å²) in [5, 5.41) is 7.13. The highest BCUT2D eigenvalue weighted by Crippen LogP contribution is 2.38. The minimum absolute atomic E-state index is 0.0568. The van der Waals surface area contributed by atoms with Crippen molar-refractivity contribution in [2.75, 3.05) is 6.54 Å². The van der Waals surface area contributed by atoms with Crippen LogP contribution in [-0.4, -0.2) is 18.4 Å². The van der Waals surface area contributed by atoms with Gasteiger partial charge in [0, 0.05) is 23.1 Å². The fourth-order valence-corrected chi connectivity index (χ4v) is 3.19. The number of benzene rings is 2. The highest BCUT2D eigenvalue weighted by atomic mass is 35.5. The van der Waals surface area contributed by atoms with Crippen molar-refractivity contribution in [3.05, 3.63) is 69.7 Å². The Labute approximate surface area is 162 Å². The van der Waals surface area contributed by atoms with Gasteiger partial charge in [-0.05, 0) is 48.2 Å². The smallest absolute Gasteiger partial charge is 0.224 e. The molecule has 0 aromatic heterocycles. The Bertz CT molecular complexity index is 793. The SMILES string of the molecule is O=C(NCCc1cccc(Cl)c1)C1CC1C(=O)NCc1ccc(Cl)cc1. The van der Waals surface area contributed by atoms with Crippen LogP contribution in [0.1, 0.15) is 17.5 Å². The van der Waals surface area contributed by atoms with Gasteiger partial charge in [-0.15, -0.1) is 0 Å². The van der Waals surface area contributed by atoms with Gasteiger partial charge in [-0.2, -0.15) is 0 Å². The van der Waals surface area contributed by atoms with Crippen molar-refractivity contribution in [3.8, 4) is 0 Å². The fourth-order valence-electron chi connectivity index (χ4n) is 2.85. The summed E-state index contributed by atoms with van der Waals surface area (Å²) in [4.78, 5) is 24.3. The second-order valence-corrected chi connectivity index (χ2v) is 7.34. The third-order valence-corrected chi connectivity index (χ3v) is 4.93. The molecule has 4 nitrogen and oxygen atoms in total. The van der Waals surface area contributed by atoms with Gasteiger partial charge in [0.15, 0.2) is 0 Å². The standard InChI is InChI=1S/C20H20Cl2N2O2/c21-15-6-4-14(5-7-15)12-24-20(26)18-11-17(18)19(25)23-9-8-13-2-1-3-16(22)10-13/h1-7,10,17-18H,8-9,11-12H2,(H,23,25)(H,24,26). The average Bonchev–Trinajstić information content (AvgIpc) is 3.42. The van der Waals surface area contributed by atoms with E-state index in [1.54, 1.807) is 12.1 Å². The van der Waals surface area contributed by atoms with E-state index >= 15 is 0 Å². The van der Waals surface area contributed by atoms with Crippen LogP contribution in [-0.2, 0) is 22.6 Å². The first-order chi connectivity index (χ1) is 12.5. The summed E-state index contributed by atoms with van der Waals surface area (Å²) >= 11 is 11.8. The van der Waals surface area contributed by atoms with E-state index < -0.39 is 0 Å². The predicted octanol–water partition coefficient (Wildman–Crippen LogP) is 3.60. The van der Waals surface area contributed by atoms with E-state index in [2.05, 4.69) is 10.6 Å². The first-order valence-electron chi connectivity index (χ1n) is 8.57. The summed E-state index contributed by atoms with van der Waals surface area (Å²) in [5.41, 5.74) is 2.05. The van der Waals surface area contributed by atoms with Crippen LogP contribution in [0.3, 0.4) is 0 Å². The Morgan fingerprint density at radius 3 is 2.27 bits per heavy atom. The van der Waals surface area contributed by atoms with Gasteiger partial charge in [-0.1, -0.05) is 47.5 Å². The van der Waals surface area contributed by atoms with Crippen molar-refractivity contribution in [2.45, 2.75) is 19.4 Å². The van der Waals surface area contributed by atoms with Gasteiger partial charge in [-0.3, -0.25) is 9.59 Å². The van der Waals surface area contributed by atoms with Crippen molar-refractivity contribution in [1.82, 2.24) is 10.6 Å². The molecule has 136 valence electrons. The number of rotatable bonds is 7. The lowest BCUT2D eigenvalue weighted by Crippen LogP contribution is -2.31. The third kappa shape index (κ3) is 5.23. The second kappa shape index (κ2) is 8.56.